The molecule has 1 nitrogen and oxygen atoms in total. The monoisotopic (exact) mass is 273 g/mol. The molecule has 1 fully saturated rings. The Morgan fingerprint density at radius 3 is 2.50 bits per heavy atom. The molecule has 1 heterocycles. The number of aromatic nitrogens is 1. The second-order valence-electron chi connectivity index (χ2n) is 4.41. The minimum atomic E-state index is 0.538. The number of alkyl halides is 1. The van der Waals surface area contributed by atoms with Gasteiger partial charge in [-0.15, -0.1) is 11.3 Å². The number of aryl methyl sites for hydroxylation is 2. The van der Waals surface area contributed by atoms with Gasteiger partial charge in [0.2, 0.25) is 0 Å². The molecule has 0 N–H and O–H groups in total. The Morgan fingerprint density at radius 1 is 1.43 bits per heavy atom. The van der Waals surface area contributed by atoms with Gasteiger partial charge in [0.15, 0.2) is 0 Å². The summed E-state index contributed by atoms with van der Waals surface area (Å²) in [4.78, 5) is 6.00. The van der Waals surface area contributed by atoms with Gasteiger partial charge in [-0.05, 0) is 32.1 Å². The van der Waals surface area contributed by atoms with Crippen LogP contribution in [0.15, 0.2) is 0 Å². The van der Waals surface area contributed by atoms with E-state index in [1.807, 2.05) is 11.3 Å². The van der Waals surface area contributed by atoms with Crippen molar-refractivity contribution in [3.63, 3.8) is 0 Å². The van der Waals surface area contributed by atoms with Crippen LogP contribution >= 0.6 is 27.3 Å². The highest BCUT2D eigenvalue weighted by Crippen LogP contribution is 2.45. The quantitative estimate of drug-likeness (QED) is 0.762. The van der Waals surface area contributed by atoms with E-state index < -0.39 is 0 Å². The molecule has 0 bridgehead atoms. The van der Waals surface area contributed by atoms with Gasteiger partial charge in [0.05, 0.1) is 10.7 Å². The first-order valence-electron chi connectivity index (χ1n) is 5.14. The van der Waals surface area contributed by atoms with Crippen molar-refractivity contribution in [2.24, 2.45) is 5.41 Å². The number of hydrogen-bond donors (Lipinski definition) is 0. The van der Waals surface area contributed by atoms with Crippen LogP contribution in [0.25, 0.3) is 0 Å². The van der Waals surface area contributed by atoms with Crippen LogP contribution in [0.2, 0.25) is 0 Å². The SMILES string of the molecule is Cc1nc(CC2(CBr)CCC2)sc1C. The first kappa shape index (κ1) is 10.6. The zero-order chi connectivity index (χ0) is 10.2. The molecule has 3 heteroatoms. The van der Waals surface area contributed by atoms with Crippen molar-refractivity contribution >= 4 is 27.3 Å². The fraction of sp³-hybridized carbons (Fsp3) is 0.727. The molecule has 0 saturated heterocycles. The maximum atomic E-state index is 4.62. The summed E-state index contributed by atoms with van der Waals surface area (Å²) in [7, 11) is 0. The van der Waals surface area contributed by atoms with Crippen molar-refractivity contribution in [2.45, 2.75) is 39.5 Å². The highest BCUT2D eigenvalue weighted by atomic mass is 79.9. The Labute approximate surface area is 98.1 Å². The first-order valence-corrected chi connectivity index (χ1v) is 7.08. The lowest BCUT2D eigenvalue weighted by molar-refractivity contribution is 0.170. The van der Waals surface area contributed by atoms with E-state index in [1.165, 1.54) is 41.3 Å². The molecule has 1 aliphatic rings. The van der Waals surface area contributed by atoms with Crippen LogP contribution in [0.1, 0.15) is 34.8 Å². The highest BCUT2D eigenvalue weighted by molar-refractivity contribution is 9.09. The summed E-state index contributed by atoms with van der Waals surface area (Å²) in [5, 5.41) is 2.47. The maximum absolute atomic E-state index is 4.62. The molecule has 0 spiro atoms. The molecule has 0 atom stereocenters. The summed E-state index contributed by atoms with van der Waals surface area (Å²) in [6.45, 7) is 4.27. The van der Waals surface area contributed by atoms with Crippen molar-refractivity contribution in [3.05, 3.63) is 15.6 Å². The van der Waals surface area contributed by atoms with Crippen LogP contribution in [0.4, 0.5) is 0 Å². The van der Waals surface area contributed by atoms with E-state index in [1.54, 1.807) is 0 Å². The zero-order valence-electron chi connectivity index (χ0n) is 8.77. The number of halogens is 1. The van der Waals surface area contributed by atoms with Crippen molar-refractivity contribution in [3.8, 4) is 0 Å². The summed E-state index contributed by atoms with van der Waals surface area (Å²) < 4.78 is 0. The second-order valence-corrected chi connectivity index (χ2v) is 6.26. The third-order valence-electron chi connectivity index (χ3n) is 3.30. The van der Waals surface area contributed by atoms with Gasteiger partial charge >= 0.3 is 0 Å². The smallest absolute Gasteiger partial charge is 0.0936 e. The topological polar surface area (TPSA) is 12.9 Å². The lowest BCUT2D eigenvalue weighted by Gasteiger charge is -2.40. The van der Waals surface area contributed by atoms with E-state index in [9.17, 15) is 0 Å². The average Bonchev–Trinajstić information content (AvgIpc) is 2.39. The summed E-state index contributed by atoms with van der Waals surface area (Å²) in [5.41, 5.74) is 1.76. The van der Waals surface area contributed by atoms with Crippen LogP contribution in [0, 0.1) is 19.3 Å². The number of thiazole rings is 1. The van der Waals surface area contributed by atoms with Gasteiger partial charge < -0.3 is 0 Å². The molecule has 1 aliphatic carbocycles. The van der Waals surface area contributed by atoms with Crippen molar-refractivity contribution in [2.75, 3.05) is 5.33 Å². The largest absolute Gasteiger partial charge is 0.246 e. The second kappa shape index (κ2) is 3.93. The van der Waals surface area contributed by atoms with Gasteiger partial charge in [-0.2, -0.15) is 0 Å². The maximum Gasteiger partial charge on any atom is 0.0936 e. The van der Waals surface area contributed by atoms with Gasteiger partial charge in [0.1, 0.15) is 0 Å². The predicted octanol–water partition coefficient (Wildman–Crippen LogP) is 3.87. The molecule has 78 valence electrons. The van der Waals surface area contributed by atoms with Crippen LogP contribution in [-0.2, 0) is 6.42 Å². The lowest BCUT2D eigenvalue weighted by atomic mass is 9.68. The number of rotatable bonds is 3. The van der Waals surface area contributed by atoms with Gasteiger partial charge in [-0.1, -0.05) is 22.4 Å². The van der Waals surface area contributed by atoms with Crippen LogP contribution in [0.3, 0.4) is 0 Å². The molecular weight excluding hydrogens is 258 g/mol. The fourth-order valence-electron chi connectivity index (χ4n) is 1.97. The molecule has 1 aromatic rings. The van der Waals surface area contributed by atoms with Crippen molar-refractivity contribution in [1.29, 1.82) is 0 Å². The molecular formula is C11H16BrNS. The van der Waals surface area contributed by atoms with E-state index in [4.69, 9.17) is 0 Å². The van der Waals surface area contributed by atoms with Gasteiger partial charge in [0, 0.05) is 16.6 Å². The minimum absolute atomic E-state index is 0.538. The molecule has 2 rings (SSSR count). The third-order valence-corrected chi connectivity index (χ3v) is 5.56. The summed E-state index contributed by atoms with van der Waals surface area (Å²) in [6, 6.07) is 0. The van der Waals surface area contributed by atoms with E-state index in [2.05, 4.69) is 34.8 Å². The van der Waals surface area contributed by atoms with Gasteiger partial charge in [-0.25, -0.2) is 4.98 Å². The van der Waals surface area contributed by atoms with Gasteiger partial charge in [0.25, 0.3) is 0 Å². The van der Waals surface area contributed by atoms with Crippen molar-refractivity contribution in [1.82, 2.24) is 4.98 Å². The van der Waals surface area contributed by atoms with E-state index >= 15 is 0 Å². The van der Waals surface area contributed by atoms with Crippen LogP contribution in [-0.4, -0.2) is 10.3 Å². The van der Waals surface area contributed by atoms with Gasteiger partial charge in [-0.3, -0.25) is 0 Å². The Balaban J connectivity index is 2.09. The standard InChI is InChI=1S/C11H16BrNS/c1-8-9(2)14-10(13-8)6-11(7-12)4-3-5-11/h3-7H2,1-2H3. The molecule has 1 saturated carbocycles. The fourth-order valence-corrected chi connectivity index (χ4v) is 3.84. The van der Waals surface area contributed by atoms with E-state index in [-0.39, 0.29) is 0 Å². The van der Waals surface area contributed by atoms with Crippen LogP contribution in [0.5, 0.6) is 0 Å². The lowest BCUT2D eigenvalue weighted by Crippen LogP contribution is -2.33. The minimum Gasteiger partial charge on any atom is -0.246 e. The molecule has 0 radical (unpaired) electrons. The Kier molecular flexibility index (Phi) is 2.98. The van der Waals surface area contributed by atoms with E-state index in [0.29, 0.717) is 5.41 Å². The van der Waals surface area contributed by atoms with Crippen LogP contribution < -0.4 is 0 Å². The van der Waals surface area contributed by atoms with E-state index in [0.717, 1.165) is 5.33 Å². The predicted molar refractivity (Wildman–Crippen MR) is 65.4 cm³/mol. The number of hydrogen-bond acceptors (Lipinski definition) is 2. The Hall–Kier alpha value is 0.110. The highest BCUT2D eigenvalue weighted by Gasteiger charge is 2.36. The molecule has 0 unspecified atom stereocenters. The summed E-state index contributed by atoms with van der Waals surface area (Å²) in [5.74, 6) is 0. The third kappa shape index (κ3) is 1.89. The molecule has 0 amide bonds. The Morgan fingerprint density at radius 2 is 2.14 bits per heavy atom. The molecule has 1 aromatic heterocycles. The van der Waals surface area contributed by atoms with Crippen molar-refractivity contribution < 1.29 is 0 Å². The molecule has 14 heavy (non-hydrogen) atoms. The normalized spacial score (nSPS) is 19.4. The first-order chi connectivity index (χ1) is 6.65. The summed E-state index contributed by atoms with van der Waals surface area (Å²) in [6.07, 6.45) is 5.32. The number of nitrogens with zero attached hydrogens (tertiary/aromatic N) is 1. The molecule has 0 aromatic carbocycles. The average molecular weight is 274 g/mol. The molecule has 0 aliphatic heterocycles. The Bertz CT molecular complexity index is 303. The zero-order valence-corrected chi connectivity index (χ0v) is 11.2. The summed E-state index contributed by atoms with van der Waals surface area (Å²) >= 11 is 5.52.